The average molecular weight is 445 g/mol. The average Bonchev–Trinajstić information content (AvgIpc) is 3.22. The summed E-state index contributed by atoms with van der Waals surface area (Å²) in [6.45, 7) is 3.67. The lowest BCUT2D eigenvalue weighted by Crippen LogP contribution is -2.23. The van der Waals surface area contributed by atoms with Gasteiger partial charge in [-0.1, -0.05) is 43.3 Å². The number of hydrogen-bond donors (Lipinski definition) is 1. The molecule has 0 fully saturated rings. The number of fused-ring (bicyclic) bond motifs is 1. The highest BCUT2D eigenvalue weighted by atomic mass is 32.1. The van der Waals surface area contributed by atoms with Crippen molar-refractivity contribution < 1.29 is 14.3 Å². The van der Waals surface area contributed by atoms with Crippen LogP contribution in [0.15, 0.2) is 72.8 Å². The Morgan fingerprint density at radius 3 is 2.50 bits per heavy atom. The summed E-state index contributed by atoms with van der Waals surface area (Å²) in [6.07, 6.45) is 0.608. The second-order valence-corrected chi connectivity index (χ2v) is 8.63. The molecule has 1 aromatic heterocycles. The summed E-state index contributed by atoms with van der Waals surface area (Å²) in [5.41, 5.74) is 4.71. The van der Waals surface area contributed by atoms with Gasteiger partial charge in [-0.25, -0.2) is 4.98 Å². The van der Waals surface area contributed by atoms with E-state index in [4.69, 9.17) is 4.74 Å². The van der Waals surface area contributed by atoms with Gasteiger partial charge in [-0.3, -0.25) is 9.59 Å². The van der Waals surface area contributed by atoms with Gasteiger partial charge in [-0.15, -0.1) is 11.3 Å². The summed E-state index contributed by atoms with van der Waals surface area (Å²) in [7, 11) is 0. The number of carbonyl (C=O) groups is 2. The second kappa shape index (κ2) is 9.75. The Labute approximate surface area is 191 Å². The molecule has 5 nitrogen and oxygen atoms in total. The fourth-order valence-corrected chi connectivity index (χ4v) is 4.58. The number of thiazole rings is 1. The maximum absolute atomic E-state index is 12.4. The van der Waals surface area contributed by atoms with Crippen LogP contribution in [0.3, 0.4) is 0 Å². The molecule has 0 aliphatic heterocycles. The number of esters is 1. The molecule has 1 amide bonds. The number of hydrogen-bond acceptors (Lipinski definition) is 5. The van der Waals surface area contributed by atoms with Crippen molar-refractivity contribution in [1.82, 2.24) is 4.98 Å². The van der Waals surface area contributed by atoms with Crippen LogP contribution in [0, 0.1) is 6.92 Å². The number of benzene rings is 3. The van der Waals surface area contributed by atoms with Crippen LogP contribution >= 0.6 is 11.3 Å². The lowest BCUT2D eigenvalue weighted by atomic mass is 9.97. The third-order valence-corrected chi connectivity index (χ3v) is 6.27. The standard InChI is InChI=1S/C26H24N2O3S/c1-3-21(18-7-5-4-6-8-18)26(30)31-16-24(29)27-20-12-10-19(11-13-20)25-28-22-14-9-17(2)15-23(22)32-25/h4-15,21H,3,16H2,1-2H3,(H,27,29)/t21-/m0/s1. The molecular formula is C26H24N2O3S. The molecule has 0 spiro atoms. The number of rotatable bonds is 7. The van der Waals surface area contributed by atoms with Crippen molar-refractivity contribution in [2.75, 3.05) is 11.9 Å². The van der Waals surface area contributed by atoms with Crippen molar-refractivity contribution in [3.05, 3.63) is 83.9 Å². The van der Waals surface area contributed by atoms with Crippen LogP contribution in [0.25, 0.3) is 20.8 Å². The summed E-state index contributed by atoms with van der Waals surface area (Å²) >= 11 is 1.64. The third-order valence-electron chi connectivity index (χ3n) is 5.20. The largest absolute Gasteiger partial charge is 0.455 e. The molecule has 0 radical (unpaired) electrons. The normalized spacial score (nSPS) is 11.8. The van der Waals surface area contributed by atoms with E-state index in [0.29, 0.717) is 12.1 Å². The van der Waals surface area contributed by atoms with E-state index < -0.39 is 5.97 Å². The van der Waals surface area contributed by atoms with Gasteiger partial charge in [0, 0.05) is 11.3 Å². The van der Waals surface area contributed by atoms with Gasteiger partial charge < -0.3 is 10.1 Å². The van der Waals surface area contributed by atoms with Gasteiger partial charge in [0.1, 0.15) is 5.01 Å². The van der Waals surface area contributed by atoms with Crippen molar-refractivity contribution in [3.63, 3.8) is 0 Å². The zero-order valence-electron chi connectivity index (χ0n) is 18.0. The van der Waals surface area contributed by atoms with Crippen LogP contribution in [0.2, 0.25) is 0 Å². The summed E-state index contributed by atoms with van der Waals surface area (Å²) in [5, 5.41) is 3.71. The minimum absolute atomic E-state index is 0.318. The number of aromatic nitrogens is 1. The monoisotopic (exact) mass is 444 g/mol. The van der Waals surface area contributed by atoms with E-state index in [1.54, 1.807) is 11.3 Å². The van der Waals surface area contributed by atoms with Crippen molar-refractivity contribution in [1.29, 1.82) is 0 Å². The highest BCUT2D eigenvalue weighted by Gasteiger charge is 2.21. The Bertz CT molecular complexity index is 1230. The SMILES string of the molecule is CC[C@H](C(=O)OCC(=O)Nc1ccc(-c2nc3ccc(C)cc3s2)cc1)c1ccccc1. The van der Waals surface area contributed by atoms with Crippen molar-refractivity contribution in [2.24, 2.45) is 0 Å². The molecular weight excluding hydrogens is 420 g/mol. The molecule has 0 aliphatic carbocycles. The second-order valence-electron chi connectivity index (χ2n) is 7.59. The number of nitrogens with one attached hydrogen (secondary N) is 1. The third kappa shape index (κ3) is 5.03. The van der Waals surface area contributed by atoms with Crippen molar-refractivity contribution >= 4 is 39.1 Å². The molecule has 1 N–H and O–H groups in total. The Hall–Kier alpha value is -3.51. The maximum Gasteiger partial charge on any atom is 0.313 e. The van der Waals surface area contributed by atoms with Crippen molar-refractivity contribution in [2.45, 2.75) is 26.2 Å². The van der Waals surface area contributed by atoms with Gasteiger partial charge in [-0.05, 0) is 60.9 Å². The van der Waals surface area contributed by atoms with E-state index in [1.807, 2.05) is 67.6 Å². The highest BCUT2D eigenvalue weighted by Crippen LogP contribution is 2.31. The number of nitrogens with zero attached hydrogens (tertiary/aromatic N) is 1. The number of ether oxygens (including phenoxy) is 1. The lowest BCUT2D eigenvalue weighted by Gasteiger charge is -2.14. The van der Waals surface area contributed by atoms with Crippen LogP contribution in [0.4, 0.5) is 5.69 Å². The Kier molecular flexibility index (Phi) is 6.61. The molecule has 6 heteroatoms. The van der Waals surface area contributed by atoms with E-state index in [1.165, 1.54) is 5.56 Å². The fraction of sp³-hybridized carbons (Fsp3) is 0.192. The van der Waals surface area contributed by atoms with E-state index in [2.05, 4.69) is 29.4 Å². The Balaban J connectivity index is 1.34. The summed E-state index contributed by atoms with van der Waals surface area (Å²) < 4.78 is 6.41. The molecule has 0 saturated heterocycles. The number of anilines is 1. The molecule has 0 saturated carbocycles. The maximum atomic E-state index is 12.4. The fourth-order valence-electron chi connectivity index (χ4n) is 3.51. The van der Waals surface area contributed by atoms with Crippen LogP contribution in [-0.4, -0.2) is 23.5 Å². The predicted molar refractivity (Wildman–Crippen MR) is 129 cm³/mol. The smallest absolute Gasteiger partial charge is 0.313 e. The first-order valence-corrected chi connectivity index (χ1v) is 11.3. The molecule has 162 valence electrons. The van der Waals surface area contributed by atoms with E-state index >= 15 is 0 Å². The molecule has 0 unspecified atom stereocenters. The van der Waals surface area contributed by atoms with Crippen molar-refractivity contribution in [3.8, 4) is 10.6 Å². The van der Waals surface area contributed by atoms with Gasteiger partial charge in [0.2, 0.25) is 0 Å². The van der Waals surface area contributed by atoms with Gasteiger partial charge >= 0.3 is 5.97 Å². The summed E-state index contributed by atoms with van der Waals surface area (Å²) in [6, 6.07) is 23.2. The summed E-state index contributed by atoms with van der Waals surface area (Å²) in [5.74, 6) is -1.14. The number of carbonyl (C=O) groups excluding carboxylic acids is 2. The quantitative estimate of drug-likeness (QED) is 0.358. The first-order valence-electron chi connectivity index (χ1n) is 10.5. The first kappa shape index (κ1) is 21.7. The lowest BCUT2D eigenvalue weighted by molar-refractivity contribution is -0.149. The first-order chi connectivity index (χ1) is 15.5. The molecule has 1 atom stereocenters. The van der Waals surface area contributed by atoms with Gasteiger partial charge in [0.25, 0.3) is 5.91 Å². The molecule has 0 bridgehead atoms. The topological polar surface area (TPSA) is 68.3 Å². The van der Waals surface area contributed by atoms with Crippen LogP contribution in [-0.2, 0) is 14.3 Å². The van der Waals surface area contributed by atoms with E-state index in [9.17, 15) is 9.59 Å². The molecule has 4 rings (SSSR count). The minimum Gasteiger partial charge on any atom is -0.455 e. The van der Waals surface area contributed by atoms with Gasteiger partial charge in [0.05, 0.1) is 16.1 Å². The molecule has 0 aliphatic rings. The molecule has 4 aromatic rings. The Morgan fingerprint density at radius 1 is 1.03 bits per heavy atom. The molecule has 32 heavy (non-hydrogen) atoms. The predicted octanol–water partition coefficient (Wildman–Crippen LogP) is 5.95. The number of aryl methyl sites for hydroxylation is 1. The van der Waals surface area contributed by atoms with E-state index in [-0.39, 0.29) is 18.4 Å². The van der Waals surface area contributed by atoms with Gasteiger partial charge in [-0.2, -0.15) is 0 Å². The van der Waals surface area contributed by atoms with E-state index in [0.717, 1.165) is 26.4 Å². The van der Waals surface area contributed by atoms with Crippen LogP contribution in [0.1, 0.15) is 30.4 Å². The molecule has 1 heterocycles. The minimum atomic E-state index is -0.393. The zero-order chi connectivity index (χ0) is 22.5. The van der Waals surface area contributed by atoms with Crippen LogP contribution < -0.4 is 5.32 Å². The Morgan fingerprint density at radius 2 is 1.78 bits per heavy atom. The van der Waals surface area contributed by atoms with Crippen LogP contribution in [0.5, 0.6) is 0 Å². The van der Waals surface area contributed by atoms with Gasteiger partial charge in [0.15, 0.2) is 6.61 Å². The highest BCUT2D eigenvalue weighted by molar-refractivity contribution is 7.21. The zero-order valence-corrected chi connectivity index (χ0v) is 18.8. The number of amides is 1. The summed E-state index contributed by atoms with van der Waals surface area (Å²) in [4.78, 5) is 29.4. The molecule has 3 aromatic carbocycles.